The Kier molecular flexibility index (Phi) is 2.47. The van der Waals surface area contributed by atoms with Crippen molar-refractivity contribution in [1.82, 2.24) is 0 Å². The van der Waals surface area contributed by atoms with Gasteiger partial charge >= 0.3 is 0 Å². The van der Waals surface area contributed by atoms with Gasteiger partial charge in [-0.1, -0.05) is 0 Å². The van der Waals surface area contributed by atoms with Crippen molar-refractivity contribution in [2.75, 3.05) is 6.61 Å². The summed E-state index contributed by atoms with van der Waals surface area (Å²) in [5, 5.41) is 0. The van der Waals surface area contributed by atoms with Gasteiger partial charge in [0, 0.05) is 13.0 Å². The number of rotatable bonds is 2. The van der Waals surface area contributed by atoms with Crippen LogP contribution in [-0.4, -0.2) is 12.7 Å². The van der Waals surface area contributed by atoms with Crippen LogP contribution in [0.15, 0.2) is 22.8 Å². The molecule has 1 aromatic heterocycles. The first-order chi connectivity index (χ1) is 5.95. The molecule has 0 spiro atoms. The zero-order valence-corrected chi connectivity index (χ0v) is 7.16. The SMILES string of the molecule is c1coc(CC2CCCCO2)c1. The van der Waals surface area contributed by atoms with E-state index in [1.807, 2.05) is 12.1 Å². The van der Waals surface area contributed by atoms with Crippen LogP contribution in [-0.2, 0) is 11.2 Å². The van der Waals surface area contributed by atoms with E-state index in [4.69, 9.17) is 9.15 Å². The van der Waals surface area contributed by atoms with Gasteiger partial charge in [-0.15, -0.1) is 0 Å². The second-order valence-corrected chi connectivity index (χ2v) is 3.27. The number of hydrogen-bond acceptors (Lipinski definition) is 2. The molecule has 1 aliphatic rings. The molecule has 0 bridgehead atoms. The van der Waals surface area contributed by atoms with Crippen molar-refractivity contribution >= 4 is 0 Å². The fraction of sp³-hybridized carbons (Fsp3) is 0.600. The summed E-state index contributed by atoms with van der Waals surface area (Å²) in [6.07, 6.45) is 6.75. The van der Waals surface area contributed by atoms with Crippen molar-refractivity contribution in [1.29, 1.82) is 0 Å². The lowest BCUT2D eigenvalue weighted by Gasteiger charge is -2.21. The highest BCUT2D eigenvalue weighted by Crippen LogP contribution is 2.17. The van der Waals surface area contributed by atoms with Gasteiger partial charge in [0.15, 0.2) is 0 Å². The molecule has 1 unspecified atom stereocenters. The van der Waals surface area contributed by atoms with Crippen LogP contribution in [0, 0.1) is 0 Å². The Labute approximate surface area is 72.5 Å². The third kappa shape index (κ3) is 1.89. The molecule has 0 amide bonds. The maximum atomic E-state index is 5.59. The van der Waals surface area contributed by atoms with Gasteiger partial charge in [0.2, 0.25) is 0 Å². The highest BCUT2D eigenvalue weighted by atomic mass is 16.5. The molecule has 1 aromatic rings. The summed E-state index contributed by atoms with van der Waals surface area (Å²) in [5.74, 6) is 1.04. The molecular weight excluding hydrogens is 152 g/mol. The van der Waals surface area contributed by atoms with Gasteiger partial charge in [0.1, 0.15) is 5.76 Å². The van der Waals surface area contributed by atoms with E-state index in [1.54, 1.807) is 6.26 Å². The fourth-order valence-electron chi connectivity index (χ4n) is 1.62. The standard InChI is InChI=1S/C10H14O2/c1-2-6-11-9(4-1)8-10-5-3-7-12-10/h3,5,7,9H,1-2,4,6,8H2. The molecule has 2 heterocycles. The largest absolute Gasteiger partial charge is 0.469 e. The van der Waals surface area contributed by atoms with Crippen LogP contribution in [0.5, 0.6) is 0 Å². The molecule has 2 heteroatoms. The Balaban J connectivity index is 1.86. The second-order valence-electron chi connectivity index (χ2n) is 3.27. The van der Waals surface area contributed by atoms with E-state index >= 15 is 0 Å². The van der Waals surface area contributed by atoms with E-state index in [1.165, 1.54) is 19.3 Å². The molecule has 0 N–H and O–H groups in total. The van der Waals surface area contributed by atoms with Crippen LogP contribution in [0.2, 0.25) is 0 Å². The summed E-state index contributed by atoms with van der Waals surface area (Å²) in [4.78, 5) is 0. The van der Waals surface area contributed by atoms with Crippen molar-refractivity contribution in [3.8, 4) is 0 Å². The quantitative estimate of drug-likeness (QED) is 0.673. The van der Waals surface area contributed by atoms with Gasteiger partial charge in [-0.3, -0.25) is 0 Å². The monoisotopic (exact) mass is 166 g/mol. The summed E-state index contributed by atoms with van der Waals surface area (Å²) >= 11 is 0. The average molecular weight is 166 g/mol. The Hall–Kier alpha value is -0.760. The van der Waals surface area contributed by atoms with Gasteiger partial charge in [0.05, 0.1) is 12.4 Å². The molecule has 2 nitrogen and oxygen atoms in total. The summed E-state index contributed by atoms with van der Waals surface area (Å²) in [6, 6.07) is 3.94. The molecular formula is C10H14O2. The Morgan fingerprint density at radius 1 is 1.42 bits per heavy atom. The zero-order valence-electron chi connectivity index (χ0n) is 7.16. The number of furan rings is 1. The van der Waals surface area contributed by atoms with Crippen LogP contribution in [0.4, 0.5) is 0 Å². The van der Waals surface area contributed by atoms with Crippen LogP contribution < -0.4 is 0 Å². The Bertz CT molecular complexity index is 210. The fourth-order valence-corrected chi connectivity index (χ4v) is 1.62. The van der Waals surface area contributed by atoms with Crippen LogP contribution >= 0.6 is 0 Å². The van der Waals surface area contributed by atoms with E-state index in [9.17, 15) is 0 Å². The molecule has 1 fully saturated rings. The minimum Gasteiger partial charge on any atom is -0.469 e. The summed E-state index contributed by atoms with van der Waals surface area (Å²) in [6.45, 7) is 0.922. The van der Waals surface area contributed by atoms with Gasteiger partial charge < -0.3 is 9.15 Å². The minimum atomic E-state index is 0.393. The van der Waals surface area contributed by atoms with Crippen LogP contribution in [0.1, 0.15) is 25.0 Å². The zero-order chi connectivity index (χ0) is 8.23. The first kappa shape index (κ1) is 7.87. The normalized spacial score (nSPS) is 24.2. The molecule has 1 aliphatic heterocycles. The molecule has 66 valence electrons. The molecule has 2 rings (SSSR count). The highest BCUT2D eigenvalue weighted by molar-refractivity contribution is 4.99. The topological polar surface area (TPSA) is 22.4 Å². The first-order valence-electron chi connectivity index (χ1n) is 4.59. The first-order valence-corrected chi connectivity index (χ1v) is 4.59. The third-order valence-corrected chi connectivity index (χ3v) is 2.28. The molecule has 0 saturated carbocycles. The molecule has 0 aromatic carbocycles. The van der Waals surface area contributed by atoms with E-state index in [2.05, 4.69) is 0 Å². The van der Waals surface area contributed by atoms with Crippen molar-refractivity contribution in [2.24, 2.45) is 0 Å². The number of hydrogen-bond donors (Lipinski definition) is 0. The molecule has 12 heavy (non-hydrogen) atoms. The van der Waals surface area contributed by atoms with Crippen molar-refractivity contribution in [3.63, 3.8) is 0 Å². The maximum Gasteiger partial charge on any atom is 0.106 e. The van der Waals surface area contributed by atoms with Crippen molar-refractivity contribution in [3.05, 3.63) is 24.2 Å². The lowest BCUT2D eigenvalue weighted by atomic mass is 10.1. The predicted molar refractivity (Wildman–Crippen MR) is 46.0 cm³/mol. The van der Waals surface area contributed by atoms with Gasteiger partial charge in [-0.05, 0) is 31.4 Å². The second kappa shape index (κ2) is 3.76. The van der Waals surface area contributed by atoms with E-state index in [0.29, 0.717) is 6.10 Å². The average Bonchev–Trinajstić information content (AvgIpc) is 2.59. The van der Waals surface area contributed by atoms with Crippen LogP contribution in [0.3, 0.4) is 0 Å². The lowest BCUT2D eigenvalue weighted by molar-refractivity contribution is 0.0139. The van der Waals surface area contributed by atoms with Gasteiger partial charge in [-0.25, -0.2) is 0 Å². The van der Waals surface area contributed by atoms with Crippen molar-refractivity contribution < 1.29 is 9.15 Å². The van der Waals surface area contributed by atoms with Gasteiger partial charge in [-0.2, -0.15) is 0 Å². The number of ether oxygens (including phenoxy) is 1. The minimum absolute atomic E-state index is 0.393. The van der Waals surface area contributed by atoms with E-state index in [0.717, 1.165) is 18.8 Å². The molecule has 0 radical (unpaired) electrons. The Morgan fingerprint density at radius 3 is 3.08 bits per heavy atom. The highest BCUT2D eigenvalue weighted by Gasteiger charge is 2.14. The smallest absolute Gasteiger partial charge is 0.106 e. The predicted octanol–water partition coefficient (Wildman–Crippen LogP) is 2.39. The van der Waals surface area contributed by atoms with E-state index in [-0.39, 0.29) is 0 Å². The molecule has 1 saturated heterocycles. The third-order valence-electron chi connectivity index (χ3n) is 2.28. The van der Waals surface area contributed by atoms with E-state index < -0.39 is 0 Å². The van der Waals surface area contributed by atoms with Gasteiger partial charge in [0.25, 0.3) is 0 Å². The van der Waals surface area contributed by atoms with Crippen molar-refractivity contribution in [2.45, 2.75) is 31.8 Å². The lowest BCUT2D eigenvalue weighted by Crippen LogP contribution is -2.20. The summed E-state index contributed by atoms with van der Waals surface area (Å²) in [7, 11) is 0. The molecule has 0 aliphatic carbocycles. The van der Waals surface area contributed by atoms with Crippen LogP contribution in [0.25, 0.3) is 0 Å². The molecule has 1 atom stereocenters. The Morgan fingerprint density at radius 2 is 2.42 bits per heavy atom. The summed E-state index contributed by atoms with van der Waals surface area (Å²) < 4.78 is 10.8. The summed E-state index contributed by atoms with van der Waals surface area (Å²) in [5.41, 5.74) is 0. The maximum absolute atomic E-state index is 5.59.